The highest BCUT2D eigenvalue weighted by atomic mass is 32.1. The first-order valence-corrected chi connectivity index (χ1v) is 5.93. The van der Waals surface area contributed by atoms with Crippen LogP contribution in [0.2, 0.25) is 0 Å². The van der Waals surface area contributed by atoms with Gasteiger partial charge in [0.15, 0.2) is 0 Å². The minimum Gasteiger partial charge on any atom is -0.438 e. The summed E-state index contributed by atoms with van der Waals surface area (Å²) in [7, 11) is 0. The first kappa shape index (κ1) is 12.5. The van der Waals surface area contributed by atoms with Gasteiger partial charge in [0.1, 0.15) is 5.75 Å². The Labute approximate surface area is 107 Å². The number of aromatic nitrogens is 1. The summed E-state index contributed by atoms with van der Waals surface area (Å²) in [6, 6.07) is 4.64. The summed E-state index contributed by atoms with van der Waals surface area (Å²) in [6.45, 7) is 1.55. The van der Waals surface area contributed by atoms with Crippen molar-refractivity contribution in [2.75, 3.05) is 0 Å². The van der Waals surface area contributed by atoms with Gasteiger partial charge in [0.2, 0.25) is 0 Å². The van der Waals surface area contributed by atoms with E-state index in [4.69, 9.17) is 4.74 Å². The predicted octanol–water partition coefficient (Wildman–Crippen LogP) is 2.90. The number of hydrogen-bond acceptors (Lipinski definition) is 6. The van der Waals surface area contributed by atoms with Gasteiger partial charge in [0.25, 0.3) is 5.06 Å². The van der Waals surface area contributed by atoms with E-state index in [-0.39, 0.29) is 10.8 Å². The molecule has 6 nitrogen and oxygen atoms in total. The number of aliphatic hydroxyl groups excluding tert-OH is 1. The van der Waals surface area contributed by atoms with Gasteiger partial charge in [-0.25, -0.2) is 0 Å². The van der Waals surface area contributed by atoms with E-state index in [9.17, 15) is 15.2 Å². The third kappa shape index (κ3) is 2.63. The van der Waals surface area contributed by atoms with E-state index in [2.05, 4.69) is 4.98 Å². The molecule has 2 aromatic rings. The number of rotatable bonds is 4. The van der Waals surface area contributed by atoms with Gasteiger partial charge in [-0.15, -0.1) is 0 Å². The smallest absolute Gasteiger partial charge is 0.323 e. The lowest BCUT2D eigenvalue weighted by Crippen LogP contribution is -1.89. The standard InChI is InChI=1S/C11H10N2O4S/c1-7(14)10-5-9(13(15)16)11(18-10)17-8-3-2-4-12-6-8/h2-7,14H,1H3/t7-/m0/s1. The first-order valence-electron chi connectivity index (χ1n) is 5.12. The van der Waals surface area contributed by atoms with Crippen LogP contribution < -0.4 is 4.74 Å². The van der Waals surface area contributed by atoms with Crippen LogP contribution in [0.5, 0.6) is 10.8 Å². The van der Waals surface area contributed by atoms with Crippen molar-refractivity contribution >= 4 is 17.0 Å². The molecule has 1 atom stereocenters. The number of hydrogen-bond donors (Lipinski definition) is 1. The average molecular weight is 266 g/mol. The van der Waals surface area contributed by atoms with Crippen molar-refractivity contribution < 1.29 is 14.8 Å². The molecule has 7 heteroatoms. The average Bonchev–Trinajstić information content (AvgIpc) is 2.74. The molecule has 0 aliphatic heterocycles. The Kier molecular flexibility index (Phi) is 3.54. The van der Waals surface area contributed by atoms with Crippen molar-refractivity contribution in [1.82, 2.24) is 4.98 Å². The monoisotopic (exact) mass is 266 g/mol. The van der Waals surface area contributed by atoms with Gasteiger partial charge >= 0.3 is 5.69 Å². The Morgan fingerprint density at radius 2 is 2.39 bits per heavy atom. The van der Waals surface area contributed by atoms with E-state index in [0.717, 1.165) is 11.3 Å². The number of pyridine rings is 1. The molecule has 2 heterocycles. The van der Waals surface area contributed by atoms with Crippen molar-refractivity contribution in [2.24, 2.45) is 0 Å². The molecule has 18 heavy (non-hydrogen) atoms. The second-order valence-corrected chi connectivity index (χ2v) is 4.59. The Morgan fingerprint density at radius 1 is 1.61 bits per heavy atom. The number of thiophene rings is 1. The molecule has 0 bridgehead atoms. The van der Waals surface area contributed by atoms with E-state index < -0.39 is 11.0 Å². The van der Waals surface area contributed by atoms with Crippen molar-refractivity contribution in [3.63, 3.8) is 0 Å². The van der Waals surface area contributed by atoms with Gasteiger partial charge in [-0.3, -0.25) is 15.1 Å². The summed E-state index contributed by atoms with van der Waals surface area (Å²) >= 11 is 1.05. The third-order valence-electron chi connectivity index (χ3n) is 2.15. The highest BCUT2D eigenvalue weighted by Gasteiger charge is 2.22. The highest BCUT2D eigenvalue weighted by Crippen LogP contribution is 2.41. The van der Waals surface area contributed by atoms with Crippen molar-refractivity contribution in [3.8, 4) is 10.8 Å². The lowest BCUT2D eigenvalue weighted by atomic mass is 10.3. The van der Waals surface area contributed by atoms with Crippen LogP contribution in [0.4, 0.5) is 5.69 Å². The van der Waals surface area contributed by atoms with Crippen molar-refractivity contribution in [3.05, 3.63) is 45.6 Å². The second-order valence-electron chi connectivity index (χ2n) is 3.55. The van der Waals surface area contributed by atoms with Gasteiger partial charge in [-0.2, -0.15) is 0 Å². The fourth-order valence-electron chi connectivity index (χ4n) is 1.30. The fraction of sp³-hybridized carbons (Fsp3) is 0.182. The van der Waals surface area contributed by atoms with Gasteiger partial charge in [-0.1, -0.05) is 11.3 Å². The largest absolute Gasteiger partial charge is 0.438 e. The summed E-state index contributed by atoms with van der Waals surface area (Å²) in [6.07, 6.45) is 2.28. The molecule has 94 valence electrons. The summed E-state index contributed by atoms with van der Waals surface area (Å²) in [5.41, 5.74) is -0.153. The normalized spacial score (nSPS) is 12.1. The minimum absolute atomic E-state index is 0.143. The molecule has 0 fully saturated rings. The van der Waals surface area contributed by atoms with Crippen molar-refractivity contribution in [2.45, 2.75) is 13.0 Å². The van der Waals surface area contributed by atoms with Crippen LogP contribution >= 0.6 is 11.3 Å². The minimum atomic E-state index is -0.764. The molecule has 2 aromatic heterocycles. The van der Waals surface area contributed by atoms with E-state index in [1.807, 2.05) is 0 Å². The van der Waals surface area contributed by atoms with Gasteiger partial charge in [-0.05, 0) is 19.1 Å². The molecule has 0 aromatic carbocycles. The zero-order valence-electron chi connectivity index (χ0n) is 9.44. The lowest BCUT2D eigenvalue weighted by Gasteiger charge is -2.01. The van der Waals surface area contributed by atoms with Gasteiger partial charge in [0, 0.05) is 17.1 Å². The summed E-state index contributed by atoms with van der Waals surface area (Å²) in [4.78, 5) is 14.7. The molecule has 2 rings (SSSR count). The summed E-state index contributed by atoms with van der Waals surface area (Å²) in [5, 5.41) is 20.5. The van der Waals surface area contributed by atoms with Crippen LogP contribution in [0.25, 0.3) is 0 Å². The number of aliphatic hydroxyl groups is 1. The molecule has 0 aliphatic carbocycles. The predicted molar refractivity (Wildman–Crippen MR) is 65.9 cm³/mol. The Bertz CT molecular complexity index is 553. The van der Waals surface area contributed by atoms with Crippen LogP contribution in [0, 0.1) is 10.1 Å². The molecule has 0 saturated heterocycles. The van der Waals surface area contributed by atoms with Crippen LogP contribution in [-0.4, -0.2) is 15.0 Å². The topological polar surface area (TPSA) is 85.5 Å². The summed E-state index contributed by atoms with van der Waals surface area (Å²) in [5.74, 6) is 0.416. The van der Waals surface area contributed by atoms with Gasteiger partial charge < -0.3 is 9.84 Å². The van der Waals surface area contributed by atoms with Crippen LogP contribution in [-0.2, 0) is 0 Å². The molecule has 0 radical (unpaired) electrons. The maximum absolute atomic E-state index is 10.9. The van der Waals surface area contributed by atoms with E-state index >= 15 is 0 Å². The van der Waals surface area contributed by atoms with Crippen LogP contribution in [0.15, 0.2) is 30.6 Å². The second kappa shape index (κ2) is 5.11. The molecular formula is C11H10N2O4S. The molecule has 1 N–H and O–H groups in total. The van der Waals surface area contributed by atoms with E-state index in [0.29, 0.717) is 10.6 Å². The Morgan fingerprint density at radius 3 is 2.94 bits per heavy atom. The first-order chi connectivity index (χ1) is 8.58. The SMILES string of the molecule is C[C@H](O)c1cc([N+](=O)[O-])c(Oc2cccnc2)s1. The third-order valence-corrected chi connectivity index (χ3v) is 3.32. The van der Waals surface area contributed by atoms with Crippen LogP contribution in [0.1, 0.15) is 17.9 Å². The molecular weight excluding hydrogens is 256 g/mol. The Balaban J connectivity index is 2.34. The van der Waals surface area contributed by atoms with Crippen molar-refractivity contribution in [1.29, 1.82) is 0 Å². The quantitative estimate of drug-likeness (QED) is 0.679. The maximum Gasteiger partial charge on any atom is 0.323 e. The molecule has 0 unspecified atom stereocenters. The fourth-order valence-corrected chi connectivity index (χ4v) is 2.23. The molecule has 0 spiro atoms. The number of nitro groups is 1. The number of nitrogens with zero attached hydrogens (tertiary/aromatic N) is 2. The zero-order valence-corrected chi connectivity index (χ0v) is 10.3. The zero-order chi connectivity index (χ0) is 13.1. The van der Waals surface area contributed by atoms with Crippen LogP contribution in [0.3, 0.4) is 0 Å². The van der Waals surface area contributed by atoms with Gasteiger partial charge in [0.05, 0.1) is 17.2 Å². The lowest BCUT2D eigenvalue weighted by molar-refractivity contribution is -0.385. The summed E-state index contributed by atoms with van der Waals surface area (Å²) < 4.78 is 5.40. The molecule has 0 amide bonds. The maximum atomic E-state index is 10.9. The van der Waals surface area contributed by atoms with E-state index in [1.54, 1.807) is 25.3 Å². The molecule has 0 saturated carbocycles. The molecule has 0 aliphatic rings. The Hall–Kier alpha value is -1.99. The highest BCUT2D eigenvalue weighted by molar-refractivity contribution is 7.14. The van der Waals surface area contributed by atoms with E-state index in [1.165, 1.54) is 12.3 Å². The number of ether oxygens (including phenoxy) is 1.